The fourth-order valence-corrected chi connectivity index (χ4v) is 11.3. The maximum atomic E-state index is 13.2. The molecule has 0 amide bonds. The van der Waals surface area contributed by atoms with E-state index in [1.165, 1.54) is 6.92 Å². The molecule has 1 saturated heterocycles. The molecule has 1 aliphatic heterocycles. The summed E-state index contributed by atoms with van der Waals surface area (Å²) < 4.78 is 30.4. The minimum atomic E-state index is -1.71. The highest BCUT2D eigenvalue weighted by molar-refractivity contribution is 5.67. The molecule has 0 aromatic carbocycles. The molecule has 204 valence electrons. The summed E-state index contributed by atoms with van der Waals surface area (Å²) >= 11 is 0. The predicted molar refractivity (Wildman–Crippen MR) is 128 cm³/mol. The minimum Gasteiger partial charge on any atom is -0.459 e. The number of nitrogens with zero attached hydrogens (tertiary/aromatic N) is 1. The van der Waals surface area contributed by atoms with E-state index in [4.69, 9.17) is 23.7 Å². The number of rotatable bonds is 7. The summed E-state index contributed by atoms with van der Waals surface area (Å²) in [6.45, 7) is 5.43. The van der Waals surface area contributed by atoms with Gasteiger partial charge < -0.3 is 33.9 Å². The van der Waals surface area contributed by atoms with Crippen LogP contribution in [0.5, 0.6) is 0 Å². The third kappa shape index (κ3) is 2.55. The first-order chi connectivity index (χ1) is 17.2. The minimum absolute atomic E-state index is 0.0178. The second-order valence-electron chi connectivity index (χ2n) is 12.5. The molecule has 9 nitrogen and oxygen atoms in total. The third-order valence-corrected chi connectivity index (χ3v) is 11.8. The van der Waals surface area contributed by atoms with E-state index in [0.29, 0.717) is 13.2 Å². The molecule has 7 bridgehead atoms. The van der Waals surface area contributed by atoms with Gasteiger partial charge in [0.05, 0.1) is 31.0 Å². The van der Waals surface area contributed by atoms with Crippen LogP contribution < -0.4 is 0 Å². The quantitative estimate of drug-likeness (QED) is 0.483. The predicted octanol–water partition coefficient (Wildman–Crippen LogP) is 0.842. The van der Waals surface area contributed by atoms with Gasteiger partial charge in [-0.3, -0.25) is 9.69 Å². The molecule has 13 atom stereocenters. The van der Waals surface area contributed by atoms with Gasteiger partial charge >= 0.3 is 5.97 Å². The lowest BCUT2D eigenvalue weighted by molar-refractivity contribution is -0.320. The Morgan fingerprint density at radius 2 is 1.86 bits per heavy atom. The van der Waals surface area contributed by atoms with Crippen LogP contribution in [0.15, 0.2) is 0 Å². The summed E-state index contributed by atoms with van der Waals surface area (Å²) in [4.78, 5) is 15.0. The molecule has 6 rings (SSSR count). The third-order valence-electron chi connectivity index (χ3n) is 11.8. The molecule has 1 heterocycles. The highest BCUT2D eigenvalue weighted by Gasteiger charge is 2.92. The van der Waals surface area contributed by atoms with Crippen molar-refractivity contribution in [3.8, 4) is 0 Å². The Balaban J connectivity index is 1.69. The SMILES string of the molecule is CCN1CC2(COC)CCC(OC)C34C5CC6C(OC)CC(O)(C5C6OC)C(O)(C(OC(C)=O)C23)C14. The summed E-state index contributed by atoms with van der Waals surface area (Å²) in [7, 11) is 6.86. The summed E-state index contributed by atoms with van der Waals surface area (Å²) in [6, 6.07) is -0.419. The van der Waals surface area contributed by atoms with Gasteiger partial charge in [-0.15, -0.1) is 0 Å². The van der Waals surface area contributed by atoms with Crippen LogP contribution in [0.25, 0.3) is 0 Å². The lowest BCUT2D eigenvalue weighted by Crippen LogP contribution is -2.82. The van der Waals surface area contributed by atoms with Crippen molar-refractivity contribution in [3.63, 3.8) is 0 Å². The standard InChI is InChI=1S/C27H43NO8/c1-7-28-12-24(13-32-3)9-8-18(34-5)26-16-10-15-17(33-4)11-25(30,19(16)20(15)35-6)27(31,23(26)28)22(21(24)26)36-14(2)29/h15-23,30-31H,7-13H2,1-6H3. The molecule has 13 unspecified atom stereocenters. The number of aliphatic hydroxyl groups is 2. The average molecular weight is 510 g/mol. The second-order valence-corrected chi connectivity index (χ2v) is 12.5. The monoisotopic (exact) mass is 509 g/mol. The van der Waals surface area contributed by atoms with Crippen LogP contribution in [0.4, 0.5) is 0 Å². The Morgan fingerprint density at radius 3 is 2.44 bits per heavy atom. The number of ether oxygens (including phenoxy) is 5. The average Bonchev–Trinajstić information content (AvgIpc) is 3.26. The fraction of sp³-hybridized carbons (Fsp3) is 0.963. The van der Waals surface area contributed by atoms with Gasteiger partial charge in [0.1, 0.15) is 17.3 Å². The molecule has 6 fully saturated rings. The van der Waals surface area contributed by atoms with E-state index in [0.717, 1.165) is 25.8 Å². The van der Waals surface area contributed by atoms with E-state index < -0.39 is 34.7 Å². The van der Waals surface area contributed by atoms with Crippen molar-refractivity contribution in [1.29, 1.82) is 0 Å². The maximum Gasteiger partial charge on any atom is 0.303 e. The first-order valence-electron chi connectivity index (χ1n) is 13.6. The van der Waals surface area contributed by atoms with E-state index in [1.54, 1.807) is 28.4 Å². The second kappa shape index (κ2) is 8.10. The number of carbonyl (C=O) groups excluding carboxylic acids is 1. The number of piperidine rings is 1. The van der Waals surface area contributed by atoms with Gasteiger partial charge in [-0.2, -0.15) is 0 Å². The van der Waals surface area contributed by atoms with E-state index in [2.05, 4.69) is 11.8 Å². The molecule has 0 aromatic rings. The van der Waals surface area contributed by atoms with Gasteiger partial charge in [0.15, 0.2) is 0 Å². The van der Waals surface area contributed by atoms with Gasteiger partial charge in [-0.1, -0.05) is 6.92 Å². The van der Waals surface area contributed by atoms with Crippen molar-refractivity contribution in [1.82, 2.24) is 4.90 Å². The van der Waals surface area contributed by atoms with E-state index in [9.17, 15) is 15.0 Å². The molecule has 1 spiro atoms. The molecule has 6 aliphatic rings. The van der Waals surface area contributed by atoms with Crippen molar-refractivity contribution >= 4 is 5.97 Å². The number of esters is 1. The van der Waals surface area contributed by atoms with E-state index in [-0.39, 0.29) is 53.8 Å². The molecular formula is C27H43NO8. The molecule has 5 aliphatic carbocycles. The Morgan fingerprint density at radius 1 is 1.11 bits per heavy atom. The Hall–Kier alpha value is -0.810. The van der Waals surface area contributed by atoms with Crippen molar-refractivity contribution in [2.75, 3.05) is 48.1 Å². The zero-order valence-electron chi connectivity index (χ0n) is 22.4. The first-order valence-corrected chi connectivity index (χ1v) is 13.6. The molecule has 36 heavy (non-hydrogen) atoms. The number of fused-ring (bicyclic) bond motifs is 2. The number of hydrogen-bond acceptors (Lipinski definition) is 9. The van der Waals surface area contributed by atoms with Crippen LogP contribution in [0.2, 0.25) is 0 Å². The number of likely N-dealkylation sites (tertiary alicyclic amines) is 1. The molecule has 2 N–H and O–H groups in total. The maximum absolute atomic E-state index is 13.2. The van der Waals surface area contributed by atoms with Crippen molar-refractivity contribution in [2.45, 2.75) is 81.2 Å². The molecule has 0 aromatic heterocycles. The largest absolute Gasteiger partial charge is 0.459 e. The van der Waals surface area contributed by atoms with Crippen LogP contribution in [0.3, 0.4) is 0 Å². The molecule has 9 heteroatoms. The normalized spacial score (nSPS) is 56.6. The number of hydrogen-bond donors (Lipinski definition) is 2. The van der Waals surface area contributed by atoms with E-state index >= 15 is 0 Å². The fourth-order valence-electron chi connectivity index (χ4n) is 11.3. The van der Waals surface area contributed by atoms with Crippen LogP contribution in [0, 0.1) is 34.5 Å². The smallest absolute Gasteiger partial charge is 0.303 e. The number of carbonyl (C=O) groups is 1. The molecule has 5 saturated carbocycles. The van der Waals surface area contributed by atoms with Crippen LogP contribution in [0.1, 0.15) is 39.5 Å². The summed E-state index contributed by atoms with van der Waals surface area (Å²) in [5, 5.41) is 26.1. The van der Waals surface area contributed by atoms with Gasteiger partial charge in [0, 0.05) is 76.9 Å². The molecular weight excluding hydrogens is 466 g/mol. The van der Waals surface area contributed by atoms with Gasteiger partial charge in [-0.25, -0.2) is 0 Å². The lowest BCUT2D eigenvalue weighted by Gasteiger charge is -2.70. The highest BCUT2D eigenvalue weighted by Crippen LogP contribution is 2.80. The molecule has 0 radical (unpaired) electrons. The Labute approximate surface area is 213 Å². The van der Waals surface area contributed by atoms with E-state index in [1.807, 2.05) is 0 Å². The number of likely N-dealkylation sites (N-methyl/N-ethyl adjacent to an activating group) is 1. The van der Waals surface area contributed by atoms with Crippen molar-refractivity contribution in [3.05, 3.63) is 0 Å². The van der Waals surface area contributed by atoms with Gasteiger partial charge in [0.25, 0.3) is 0 Å². The van der Waals surface area contributed by atoms with Gasteiger partial charge in [-0.05, 0) is 31.7 Å². The summed E-state index contributed by atoms with van der Waals surface area (Å²) in [6.07, 6.45) is 1.24. The van der Waals surface area contributed by atoms with Crippen molar-refractivity contribution < 1.29 is 38.7 Å². The lowest BCUT2D eigenvalue weighted by atomic mass is 9.42. The Bertz CT molecular complexity index is 918. The van der Waals surface area contributed by atoms with Crippen LogP contribution in [-0.4, -0.2) is 111 Å². The first kappa shape index (κ1) is 25.5. The van der Waals surface area contributed by atoms with Gasteiger partial charge in [0.2, 0.25) is 0 Å². The highest BCUT2D eigenvalue weighted by atomic mass is 16.6. The van der Waals surface area contributed by atoms with Crippen LogP contribution >= 0.6 is 0 Å². The Kier molecular flexibility index (Phi) is 5.73. The summed E-state index contributed by atoms with van der Waals surface area (Å²) in [5.41, 5.74) is -4.12. The zero-order chi connectivity index (χ0) is 25.8. The van der Waals surface area contributed by atoms with Crippen LogP contribution in [-0.2, 0) is 28.5 Å². The summed E-state index contributed by atoms with van der Waals surface area (Å²) in [5.74, 6) is -0.825. The zero-order valence-corrected chi connectivity index (χ0v) is 22.4. The number of methoxy groups -OCH3 is 4. The topological polar surface area (TPSA) is 107 Å². The van der Waals surface area contributed by atoms with Crippen molar-refractivity contribution in [2.24, 2.45) is 34.5 Å².